The second kappa shape index (κ2) is 6.07. The van der Waals surface area contributed by atoms with Crippen molar-refractivity contribution in [3.05, 3.63) is 52.2 Å². The molecule has 0 spiro atoms. The Morgan fingerprint density at radius 3 is 2.70 bits per heavy atom. The lowest BCUT2D eigenvalue weighted by Gasteiger charge is -2.04. The van der Waals surface area contributed by atoms with Gasteiger partial charge in [-0.25, -0.2) is 0 Å². The van der Waals surface area contributed by atoms with Gasteiger partial charge in [0.15, 0.2) is 0 Å². The molecule has 3 rings (SSSR count). The van der Waals surface area contributed by atoms with Crippen LogP contribution in [0.2, 0.25) is 0 Å². The molecular formula is C17H13N3O2S. The molecule has 2 heterocycles. The zero-order chi connectivity index (χ0) is 16.4. The summed E-state index contributed by atoms with van der Waals surface area (Å²) in [6.45, 7) is 3.63. The molecule has 0 radical (unpaired) electrons. The highest BCUT2D eigenvalue weighted by Gasteiger charge is 2.14. The molecule has 0 bridgehead atoms. The molecule has 0 aliphatic heterocycles. The second-order valence-electron chi connectivity index (χ2n) is 5.07. The Labute approximate surface area is 137 Å². The molecule has 0 saturated heterocycles. The number of nitriles is 1. The molecule has 0 saturated carbocycles. The van der Waals surface area contributed by atoms with Crippen molar-refractivity contribution in [2.24, 2.45) is 0 Å². The maximum absolute atomic E-state index is 9.82. The minimum absolute atomic E-state index is 0.180. The Bertz CT molecular complexity index is 895. The van der Waals surface area contributed by atoms with Crippen LogP contribution in [0.1, 0.15) is 22.6 Å². The summed E-state index contributed by atoms with van der Waals surface area (Å²) in [7, 11) is 0. The molecule has 5 nitrogen and oxygen atoms in total. The summed E-state index contributed by atoms with van der Waals surface area (Å²) in [6, 6.07) is 9.48. The highest BCUT2D eigenvalue weighted by molar-refractivity contribution is 7.13. The number of thiophene rings is 1. The topological polar surface area (TPSA) is 82.9 Å². The van der Waals surface area contributed by atoms with Crippen molar-refractivity contribution in [1.82, 2.24) is 10.1 Å². The minimum atomic E-state index is 0.180. The van der Waals surface area contributed by atoms with Crippen LogP contribution in [0.5, 0.6) is 5.75 Å². The first-order valence-corrected chi connectivity index (χ1v) is 7.76. The van der Waals surface area contributed by atoms with Crippen LogP contribution in [0.15, 0.2) is 34.2 Å². The van der Waals surface area contributed by atoms with Crippen molar-refractivity contribution < 1.29 is 9.63 Å². The van der Waals surface area contributed by atoms with Gasteiger partial charge in [-0.1, -0.05) is 11.2 Å². The Hall–Kier alpha value is -2.91. The summed E-state index contributed by atoms with van der Waals surface area (Å²) >= 11 is 1.50. The van der Waals surface area contributed by atoms with E-state index in [0.717, 1.165) is 21.6 Å². The number of phenolic OH excluding ortho intramolecular Hbond substituents is 1. The molecule has 23 heavy (non-hydrogen) atoms. The fourth-order valence-corrected chi connectivity index (χ4v) is 2.87. The Kier molecular flexibility index (Phi) is 3.96. The van der Waals surface area contributed by atoms with E-state index in [1.165, 1.54) is 11.3 Å². The number of hydrogen-bond donors (Lipinski definition) is 1. The smallest absolute Gasteiger partial charge is 0.268 e. The van der Waals surface area contributed by atoms with Gasteiger partial charge in [0.25, 0.3) is 5.89 Å². The van der Waals surface area contributed by atoms with E-state index in [4.69, 9.17) is 4.52 Å². The third-order valence-corrected chi connectivity index (χ3v) is 4.21. The lowest BCUT2D eigenvalue weighted by Crippen LogP contribution is -1.86. The van der Waals surface area contributed by atoms with E-state index in [9.17, 15) is 10.4 Å². The zero-order valence-corrected chi connectivity index (χ0v) is 13.4. The number of allylic oxidation sites excluding steroid dienone is 1. The van der Waals surface area contributed by atoms with E-state index >= 15 is 0 Å². The standard InChI is InChI=1S/C17H13N3O2S/c1-10-6-12(7-11(2)15(10)21)8-13(9-18)17-19-16(20-22-17)14-4-3-5-23-14/h3-8,21H,1-2H3/b13-8+. The number of hydrogen-bond acceptors (Lipinski definition) is 6. The number of benzene rings is 1. The number of rotatable bonds is 3. The number of aromatic nitrogens is 2. The summed E-state index contributed by atoms with van der Waals surface area (Å²) in [5.41, 5.74) is 2.58. The van der Waals surface area contributed by atoms with E-state index < -0.39 is 0 Å². The Morgan fingerprint density at radius 2 is 2.09 bits per heavy atom. The van der Waals surface area contributed by atoms with Crippen molar-refractivity contribution in [1.29, 1.82) is 5.26 Å². The van der Waals surface area contributed by atoms with E-state index in [1.807, 2.05) is 31.4 Å². The van der Waals surface area contributed by atoms with Crippen LogP contribution in [0.4, 0.5) is 0 Å². The summed E-state index contributed by atoms with van der Waals surface area (Å²) in [5.74, 6) is 0.909. The SMILES string of the molecule is Cc1cc(/C=C(\C#N)c2nc(-c3cccs3)no2)cc(C)c1O. The van der Waals surface area contributed by atoms with E-state index in [1.54, 1.807) is 18.2 Å². The third kappa shape index (κ3) is 3.00. The molecule has 0 unspecified atom stereocenters. The van der Waals surface area contributed by atoms with Crippen LogP contribution in [0.25, 0.3) is 22.4 Å². The number of phenols is 1. The number of aryl methyl sites for hydroxylation is 2. The fraction of sp³-hybridized carbons (Fsp3) is 0.118. The van der Waals surface area contributed by atoms with Gasteiger partial charge in [-0.3, -0.25) is 0 Å². The molecule has 0 aliphatic carbocycles. The molecule has 0 aliphatic rings. The molecule has 0 amide bonds. The van der Waals surface area contributed by atoms with Gasteiger partial charge in [0, 0.05) is 0 Å². The molecule has 3 aromatic rings. The third-order valence-electron chi connectivity index (χ3n) is 3.34. The average molecular weight is 323 g/mol. The lowest BCUT2D eigenvalue weighted by molar-refractivity contribution is 0.409. The molecule has 0 atom stereocenters. The van der Waals surface area contributed by atoms with E-state index in [-0.39, 0.29) is 17.2 Å². The normalized spacial score (nSPS) is 11.4. The van der Waals surface area contributed by atoms with Crippen LogP contribution in [0.3, 0.4) is 0 Å². The highest BCUT2D eigenvalue weighted by Crippen LogP contribution is 2.27. The molecule has 0 fully saturated rings. The maximum Gasteiger partial charge on any atom is 0.268 e. The van der Waals surface area contributed by atoms with Crippen LogP contribution in [0, 0.1) is 25.2 Å². The van der Waals surface area contributed by atoms with Crippen molar-refractivity contribution in [3.63, 3.8) is 0 Å². The Balaban J connectivity index is 1.99. The highest BCUT2D eigenvalue weighted by atomic mass is 32.1. The number of nitrogens with zero attached hydrogens (tertiary/aromatic N) is 3. The van der Waals surface area contributed by atoms with Crippen LogP contribution < -0.4 is 0 Å². The molecule has 2 aromatic heterocycles. The van der Waals surface area contributed by atoms with E-state index in [2.05, 4.69) is 16.2 Å². The number of aromatic hydroxyl groups is 1. The van der Waals surface area contributed by atoms with Crippen molar-refractivity contribution >= 4 is 23.0 Å². The van der Waals surface area contributed by atoms with Crippen molar-refractivity contribution in [2.75, 3.05) is 0 Å². The molecule has 1 N–H and O–H groups in total. The van der Waals surface area contributed by atoms with Crippen molar-refractivity contribution in [3.8, 4) is 22.5 Å². The summed E-state index contributed by atoms with van der Waals surface area (Å²) in [5, 5.41) is 25.0. The van der Waals surface area contributed by atoms with Gasteiger partial charge in [0.2, 0.25) is 5.82 Å². The molecular weight excluding hydrogens is 310 g/mol. The van der Waals surface area contributed by atoms with Crippen molar-refractivity contribution in [2.45, 2.75) is 13.8 Å². The van der Waals surface area contributed by atoms with Crippen LogP contribution in [-0.2, 0) is 0 Å². The predicted octanol–water partition coefficient (Wildman–Crippen LogP) is 4.18. The summed E-state index contributed by atoms with van der Waals surface area (Å²) in [6.07, 6.45) is 1.67. The molecule has 114 valence electrons. The average Bonchev–Trinajstić information content (AvgIpc) is 3.20. The van der Waals surface area contributed by atoms with Gasteiger partial charge < -0.3 is 9.63 Å². The fourth-order valence-electron chi connectivity index (χ4n) is 2.22. The monoisotopic (exact) mass is 323 g/mol. The second-order valence-corrected chi connectivity index (χ2v) is 6.02. The van der Waals surface area contributed by atoms with Gasteiger partial charge in [0.1, 0.15) is 17.4 Å². The van der Waals surface area contributed by atoms with Gasteiger partial charge in [0.05, 0.1) is 4.88 Å². The quantitative estimate of drug-likeness (QED) is 0.731. The van der Waals surface area contributed by atoms with Gasteiger partial charge >= 0.3 is 0 Å². The minimum Gasteiger partial charge on any atom is -0.507 e. The predicted molar refractivity (Wildman–Crippen MR) is 88.7 cm³/mol. The summed E-state index contributed by atoms with van der Waals surface area (Å²) in [4.78, 5) is 5.16. The maximum atomic E-state index is 9.82. The van der Waals surface area contributed by atoms with Gasteiger partial charge in [-0.2, -0.15) is 10.2 Å². The molecule has 6 heteroatoms. The first-order chi connectivity index (χ1) is 11.1. The largest absolute Gasteiger partial charge is 0.507 e. The summed E-state index contributed by atoms with van der Waals surface area (Å²) < 4.78 is 5.20. The lowest BCUT2D eigenvalue weighted by atomic mass is 10.0. The Morgan fingerprint density at radius 1 is 1.35 bits per heavy atom. The van der Waals surface area contributed by atoms with Gasteiger partial charge in [-0.05, 0) is 60.2 Å². The first kappa shape index (κ1) is 15.0. The van der Waals surface area contributed by atoms with Crippen LogP contribution >= 0.6 is 11.3 Å². The first-order valence-electron chi connectivity index (χ1n) is 6.88. The van der Waals surface area contributed by atoms with Crippen LogP contribution in [-0.4, -0.2) is 15.2 Å². The van der Waals surface area contributed by atoms with E-state index in [0.29, 0.717) is 5.82 Å². The van der Waals surface area contributed by atoms with Gasteiger partial charge in [-0.15, -0.1) is 11.3 Å². The molecule has 1 aromatic carbocycles. The zero-order valence-electron chi connectivity index (χ0n) is 12.6.